The van der Waals surface area contributed by atoms with E-state index in [0.29, 0.717) is 11.3 Å². The van der Waals surface area contributed by atoms with Gasteiger partial charge in [-0.1, -0.05) is 19.9 Å². The Morgan fingerprint density at radius 3 is 2.06 bits per heavy atom. The van der Waals surface area contributed by atoms with Gasteiger partial charge in [-0.05, 0) is 23.8 Å². The van der Waals surface area contributed by atoms with Crippen molar-refractivity contribution in [3.8, 4) is 0 Å². The van der Waals surface area contributed by atoms with Crippen molar-refractivity contribution in [2.75, 3.05) is 0 Å². The summed E-state index contributed by atoms with van der Waals surface area (Å²) in [6.45, 7) is 4.00. The molecular weight excluding hydrogens is 234 g/mol. The maximum atomic E-state index is 10.2. The predicted molar refractivity (Wildman–Crippen MR) is 68.9 cm³/mol. The van der Waals surface area contributed by atoms with Gasteiger partial charge in [-0.25, -0.2) is 9.59 Å². The summed E-state index contributed by atoms with van der Waals surface area (Å²) in [5.74, 6) is -2.08. The highest BCUT2D eigenvalue weighted by molar-refractivity contribution is 5.85. The Hall–Kier alpha value is -2.43. The zero-order valence-electron chi connectivity index (χ0n) is 10.2. The number of carbonyl (C=O) groups is 2. The largest absolute Gasteiger partial charge is 0.478 e. The van der Waals surface area contributed by atoms with Crippen molar-refractivity contribution >= 4 is 24.1 Å². The minimum atomic E-state index is -1.04. The normalized spacial score (nSPS) is 10.1. The summed E-state index contributed by atoms with van der Waals surface area (Å²) in [4.78, 5) is 24.4. The molecule has 0 saturated heterocycles. The maximum absolute atomic E-state index is 10.2. The van der Waals surface area contributed by atoms with Crippen LogP contribution in [-0.4, -0.2) is 27.1 Å². The molecule has 0 radical (unpaired) electrons. The van der Waals surface area contributed by atoms with Crippen molar-refractivity contribution in [3.05, 3.63) is 41.7 Å². The molecule has 1 heterocycles. The third kappa shape index (κ3) is 6.95. The van der Waals surface area contributed by atoms with Crippen LogP contribution in [0.15, 0.2) is 30.5 Å². The Kier molecular flexibility index (Phi) is 7.52. The monoisotopic (exact) mass is 249 g/mol. The Morgan fingerprint density at radius 2 is 1.61 bits per heavy atom. The smallest absolute Gasteiger partial charge is 0.328 e. The van der Waals surface area contributed by atoms with Crippen LogP contribution in [0.3, 0.4) is 0 Å². The van der Waals surface area contributed by atoms with Crippen molar-refractivity contribution in [2.45, 2.75) is 13.8 Å². The number of hydrogen-bond acceptors (Lipinski definition) is 3. The van der Waals surface area contributed by atoms with E-state index in [-0.39, 0.29) is 0 Å². The maximum Gasteiger partial charge on any atom is 0.328 e. The molecule has 0 atom stereocenters. The zero-order valence-corrected chi connectivity index (χ0v) is 10.2. The Labute approximate surface area is 105 Å². The first-order chi connectivity index (χ1) is 8.58. The van der Waals surface area contributed by atoms with E-state index >= 15 is 0 Å². The molecule has 2 N–H and O–H groups in total. The molecule has 0 aliphatic heterocycles. The van der Waals surface area contributed by atoms with Gasteiger partial charge in [-0.3, -0.25) is 4.98 Å². The standard InChI is InChI=1S/C11H9NO4.C2H6/c13-10(14)5-2-8-1-3-9(12-7-8)4-6-11(15)16;1-2/h1-7H,(H,13,14)(H,15,16);1-2H3/b5-2+,6-4+;. The van der Waals surface area contributed by atoms with Crippen LogP contribution < -0.4 is 0 Å². The average molecular weight is 249 g/mol. The SMILES string of the molecule is CC.O=C(O)/C=C/c1ccc(/C=C/C(=O)O)nc1. The van der Waals surface area contributed by atoms with Gasteiger partial charge >= 0.3 is 11.9 Å². The fourth-order valence-electron chi connectivity index (χ4n) is 0.938. The summed E-state index contributed by atoms with van der Waals surface area (Å²) in [5, 5.41) is 16.8. The quantitative estimate of drug-likeness (QED) is 0.799. The van der Waals surface area contributed by atoms with Gasteiger partial charge in [0.25, 0.3) is 0 Å². The molecule has 0 aliphatic carbocycles. The Balaban J connectivity index is 0.00000137. The lowest BCUT2D eigenvalue weighted by Crippen LogP contribution is -1.88. The Morgan fingerprint density at radius 1 is 1.06 bits per heavy atom. The summed E-state index contributed by atoms with van der Waals surface area (Å²) in [5.41, 5.74) is 1.13. The van der Waals surface area contributed by atoms with Crippen molar-refractivity contribution in [2.24, 2.45) is 0 Å². The van der Waals surface area contributed by atoms with Gasteiger partial charge in [0.15, 0.2) is 0 Å². The molecule has 5 nitrogen and oxygen atoms in total. The molecular formula is C13H15NO4. The first-order valence-corrected chi connectivity index (χ1v) is 5.36. The Bertz CT molecular complexity index is 404. The van der Waals surface area contributed by atoms with Crippen LogP contribution in [0, 0.1) is 0 Å². The number of carboxylic acid groups (broad SMARTS) is 2. The molecule has 0 fully saturated rings. The van der Waals surface area contributed by atoms with E-state index < -0.39 is 11.9 Å². The molecule has 1 aromatic rings. The van der Waals surface area contributed by atoms with Crippen LogP contribution in [0.1, 0.15) is 25.1 Å². The second-order valence-electron chi connectivity index (χ2n) is 2.86. The van der Waals surface area contributed by atoms with Crippen LogP contribution in [0.4, 0.5) is 0 Å². The van der Waals surface area contributed by atoms with E-state index in [1.54, 1.807) is 12.1 Å². The van der Waals surface area contributed by atoms with Crippen LogP contribution in [0.2, 0.25) is 0 Å². The number of rotatable bonds is 4. The molecule has 5 heteroatoms. The fraction of sp³-hybridized carbons (Fsp3) is 0.154. The molecule has 0 bridgehead atoms. The van der Waals surface area contributed by atoms with Crippen molar-refractivity contribution in [1.29, 1.82) is 0 Å². The van der Waals surface area contributed by atoms with Gasteiger partial charge in [0.2, 0.25) is 0 Å². The number of aromatic nitrogens is 1. The number of hydrogen-bond donors (Lipinski definition) is 2. The highest BCUT2D eigenvalue weighted by Crippen LogP contribution is 2.04. The molecule has 0 aromatic carbocycles. The van der Waals surface area contributed by atoms with Gasteiger partial charge in [0, 0.05) is 18.3 Å². The molecule has 0 amide bonds. The fourth-order valence-corrected chi connectivity index (χ4v) is 0.938. The summed E-state index contributed by atoms with van der Waals surface area (Å²) < 4.78 is 0. The molecule has 1 rings (SSSR count). The van der Waals surface area contributed by atoms with Crippen LogP contribution in [-0.2, 0) is 9.59 Å². The minimum absolute atomic E-state index is 0.495. The third-order valence-corrected chi connectivity index (χ3v) is 1.62. The summed E-state index contributed by atoms with van der Waals surface area (Å²) in [6.07, 6.45) is 6.20. The summed E-state index contributed by atoms with van der Waals surface area (Å²) in [7, 11) is 0. The zero-order chi connectivity index (χ0) is 14.0. The van der Waals surface area contributed by atoms with Gasteiger partial charge in [-0.2, -0.15) is 0 Å². The molecule has 0 saturated carbocycles. The van der Waals surface area contributed by atoms with Crippen LogP contribution >= 0.6 is 0 Å². The number of aliphatic carboxylic acids is 2. The highest BCUT2D eigenvalue weighted by atomic mass is 16.4. The number of pyridine rings is 1. The van der Waals surface area contributed by atoms with E-state index in [2.05, 4.69) is 4.98 Å². The highest BCUT2D eigenvalue weighted by Gasteiger charge is 1.92. The van der Waals surface area contributed by atoms with Crippen LogP contribution in [0.5, 0.6) is 0 Å². The van der Waals surface area contributed by atoms with Gasteiger partial charge in [0.1, 0.15) is 0 Å². The first-order valence-electron chi connectivity index (χ1n) is 5.36. The first kappa shape index (κ1) is 15.6. The van der Waals surface area contributed by atoms with Crippen molar-refractivity contribution in [3.63, 3.8) is 0 Å². The van der Waals surface area contributed by atoms with Crippen molar-refractivity contribution < 1.29 is 19.8 Å². The van der Waals surface area contributed by atoms with E-state index in [1.807, 2.05) is 13.8 Å². The van der Waals surface area contributed by atoms with E-state index in [9.17, 15) is 9.59 Å². The van der Waals surface area contributed by atoms with E-state index in [0.717, 1.165) is 12.2 Å². The lowest BCUT2D eigenvalue weighted by molar-refractivity contribution is -0.132. The molecule has 96 valence electrons. The summed E-state index contributed by atoms with van der Waals surface area (Å²) in [6, 6.07) is 3.24. The topological polar surface area (TPSA) is 87.5 Å². The predicted octanol–water partition coefficient (Wildman–Crippen LogP) is 2.30. The molecule has 0 spiro atoms. The second kappa shape index (κ2) is 8.69. The molecule has 18 heavy (non-hydrogen) atoms. The molecule has 1 aromatic heterocycles. The molecule has 0 unspecified atom stereocenters. The second-order valence-corrected chi connectivity index (χ2v) is 2.86. The van der Waals surface area contributed by atoms with Gasteiger partial charge in [-0.15, -0.1) is 0 Å². The van der Waals surface area contributed by atoms with Crippen molar-refractivity contribution in [1.82, 2.24) is 4.98 Å². The van der Waals surface area contributed by atoms with Gasteiger partial charge < -0.3 is 10.2 Å². The average Bonchev–Trinajstić information content (AvgIpc) is 2.37. The summed E-state index contributed by atoms with van der Waals surface area (Å²) >= 11 is 0. The lowest BCUT2D eigenvalue weighted by Gasteiger charge is -1.93. The number of carboxylic acids is 2. The molecule has 0 aliphatic rings. The van der Waals surface area contributed by atoms with E-state index in [1.165, 1.54) is 18.3 Å². The van der Waals surface area contributed by atoms with E-state index in [4.69, 9.17) is 10.2 Å². The lowest BCUT2D eigenvalue weighted by atomic mass is 10.2. The third-order valence-electron chi connectivity index (χ3n) is 1.62. The minimum Gasteiger partial charge on any atom is -0.478 e. The van der Waals surface area contributed by atoms with Crippen LogP contribution in [0.25, 0.3) is 12.2 Å². The van der Waals surface area contributed by atoms with Gasteiger partial charge in [0.05, 0.1) is 5.69 Å². The number of nitrogens with zero attached hydrogens (tertiary/aromatic N) is 1.